The van der Waals surface area contributed by atoms with Crippen LogP contribution in [0.25, 0.3) is 0 Å². The van der Waals surface area contributed by atoms with E-state index in [4.69, 9.17) is 4.74 Å². The number of nitrogens with one attached hydrogen (secondary N) is 1. The van der Waals surface area contributed by atoms with Gasteiger partial charge in [-0.3, -0.25) is 4.79 Å². The van der Waals surface area contributed by atoms with Crippen LogP contribution in [0.5, 0.6) is 5.75 Å². The molecule has 3 aromatic rings. The molecule has 0 spiro atoms. The lowest BCUT2D eigenvalue weighted by molar-refractivity contribution is -0.117. The Bertz CT molecular complexity index is 1070. The van der Waals surface area contributed by atoms with Crippen molar-refractivity contribution in [3.63, 3.8) is 0 Å². The molecule has 1 N–H and O–H groups in total. The molecule has 2 aliphatic rings. The van der Waals surface area contributed by atoms with E-state index in [-0.39, 0.29) is 11.8 Å². The molecule has 6 heteroatoms. The summed E-state index contributed by atoms with van der Waals surface area (Å²) in [6.45, 7) is 2.63. The van der Waals surface area contributed by atoms with Crippen LogP contribution in [-0.2, 0) is 11.4 Å². The third kappa shape index (κ3) is 3.31. The molecule has 1 aromatic heterocycles. The SMILES string of the molecule is C[C@H]1CC(=O)C2=C(C1)Nc1ncnn1[C@@H]2c1ccc(OCc2ccccc2)cc1. The van der Waals surface area contributed by atoms with Gasteiger partial charge in [-0.25, -0.2) is 4.68 Å². The Morgan fingerprint density at radius 2 is 1.90 bits per heavy atom. The number of carbonyl (C=O) groups excluding carboxylic acids is 1. The number of benzene rings is 2. The van der Waals surface area contributed by atoms with Crippen molar-refractivity contribution in [3.05, 3.63) is 83.3 Å². The van der Waals surface area contributed by atoms with Gasteiger partial charge in [-0.05, 0) is 35.6 Å². The van der Waals surface area contributed by atoms with Gasteiger partial charge in [-0.1, -0.05) is 49.4 Å². The van der Waals surface area contributed by atoms with Crippen LogP contribution in [0.4, 0.5) is 5.95 Å². The van der Waals surface area contributed by atoms with E-state index in [2.05, 4.69) is 22.3 Å². The number of Topliss-reactive ketones (excluding diaryl/α,β-unsaturated/α-hetero) is 1. The number of carbonyl (C=O) groups is 1. The van der Waals surface area contributed by atoms with Gasteiger partial charge in [0.1, 0.15) is 24.7 Å². The Labute approximate surface area is 169 Å². The molecule has 0 fully saturated rings. The summed E-state index contributed by atoms with van der Waals surface area (Å²) in [5.41, 5.74) is 3.90. The molecular formula is C23H22N4O2. The van der Waals surface area contributed by atoms with Crippen LogP contribution in [0, 0.1) is 5.92 Å². The lowest BCUT2D eigenvalue weighted by Crippen LogP contribution is -2.33. The molecule has 1 aliphatic carbocycles. The first-order chi connectivity index (χ1) is 14.2. The summed E-state index contributed by atoms with van der Waals surface area (Å²) in [4.78, 5) is 17.2. The number of hydrogen-bond donors (Lipinski definition) is 1. The predicted molar refractivity (Wildman–Crippen MR) is 109 cm³/mol. The zero-order valence-corrected chi connectivity index (χ0v) is 16.2. The van der Waals surface area contributed by atoms with Gasteiger partial charge in [0.25, 0.3) is 0 Å². The highest BCUT2D eigenvalue weighted by molar-refractivity contribution is 5.99. The molecule has 0 unspecified atom stereocenters. The molecule has 0 saturated heterocycles. The lowest BCUT2D eigenvalue weighted by atomic mass is 9.81. The Morgan fingerprint density at radius 3 is 2.69 bits per heavy atom. The smallest absolute Gasteiger partial charge is 0.226 e. The number of ether oxygens (including phenoxy) is 1. The van der Waals surface area contributed by atoms with E-state index in [1.165, 1.54) is 6.33 Å². The second-order valence-corrected chi connectivity index (χ2v) is 7.73. The number of aromatic nitrogens is 3. The predicted octanol–water partition coefficient (Wildman–Crippen LogP) is 4.13. The molecular weight excluding hydrogens is 364 g/mol. The summed E-state index contributed by atoms with van der Waals surface area (Å²) < 4.78 is 7.70. The topological polar surface area (TPSA) is 69.0 Å². The minimum absolute atomic E-state index is 0.182. The second-order valence-electron chi connectivity index (χ2n) is 7.73. The minimum Gasteiger partial charge on any atom is -0.489 e. The Morgan fingerprint density at radius 1 is 1.10 bits per heavy atom. The standard InChI is InChI=1S/C23H22N4O2/c1-15-11-19-21(20(28)12-15)22(27-23(26-19)24-14-25-27)17-7-9-18(10-8-17)29-13-16-5-3-2-4-6-16/h2-10,14-15,22H,11-13H2,1H3,(H,24,25,26)/t15-,22-/m1/s1. The van der Waals surface area contributed by atoms with E-state index in [1.54, 1.807) is 4.68 Å². The van der Waals surface area contributed by atoms with Crippen molar-refractivity contribution in [2.75, 3.05) is 5.32 Å². The van der Waals surface area contributed by atoms with Crippen molar-refractivity contribution < 1.29 is 9.53 Å². The Balaban J connectivity index is 1.44. The summed E-state index contributed by atoms with van der Waals surface area (Å²) in [5.74, 6) is 1.99. The maximum atomic E-state index is 12.9. The normalized spacial score (nSPS) is 20.7. The Hall–Kier alpha value is -3.41. The van der Waals surface area contributed by atoms with Gasteiger partial charge >= 0.3 is 0 Å². The van der Waals surface area contributed by atoms with Crippen molar-refractivity contribution in [1.82, 2.24) is 14.8 Å². The maximum Gasteiger partial charge on any atom is 0.226 e. The first-order valence-corrected chi connectivity index (χ1v) is 9.88. The van der Waals surface area contributed by atoms with Crippen LogP contribution < -0.4 is 10.1 Å². The number of anilines is 1. The molecule has 6 nitrogen and oxygen atoms in total. The Kier molecular flexibility index (Phi) is 4.39. The largest absolute Gasteiger partial charge is 0.489 e. The monoisotopic (exact) mass is 386 g/mol. The zero-order chi connectivity index (χ0) is 19.8. The van der Waals surface area contributed by atoms with Crippen LogP contribution in [0.2, 0.25) is 0 Å². The molecule has 0 bridgehead atoms. The summed E-state index contributed by atoms with van der Waals surface area (Å²) in [7, 11) is 0. The summed E-state index contributed by atoms with van der Waals surface area (Å²) in [6.07, 6.45) is 2.95. The highest BCUT2D eigenvalue weighted by Crippen LogP contribution is 2.41. The molecule has 0 amide bonds. The van der Waals surface area contributed by atoms with Crippen molar-refractivity contribution in [2.45, 2.75) is 32.4 Å². The number of hydrogen-bond acceptors (Lipinski definition) is 5. The average Bonchev–Trinajstić information content (AvgIpc) is 3.20. The van der Waals surface area contributed by atoms with E-state index in [0.717, 1.165) is 34.6 Å². The van der Waals surface area contributed by atoms with Crippen LogP contribution in [0.3, 0.4) is 0 Å². The van der Waals surface area contributed by atoms with Gasteiger partial charge in [-0.2, -0.15) is 10.1 Å². The molecule has 1 aliphatic heterocycles. The van der Waals surface area contributed by atoms with Crippen LogP contribution in [0.15, 0.2) is 72.2 Å². The van der Waals surface area contributed by atoms with E-state index in [0.29, 0.717) is 24.9 Å². The van der Waals surface area contributed by atoms with Crippen molar-refractivity contribution in [3.8, 4) is 5.75 Å². The fourth-order valence-electron chi connectivity index (χ4n) is 4.14. The fourth-order valence-corrected chi connectivity index (χ4v) is 4.14. The van der Waals surface area contributed by atoms with Crippen LogP contribution >= 0.6 is 0 Å². The molecule has 2 heterocycles. The van der Waals surface area contributed by atoms with E-state index in [9.17, 15) is 4.79 Å². The molecule has 0 radical (unpaired) electrons. The fraction of sp³-hybridized carbons (Fsp3) is 0.261. The maximum absolute atomic E-state index is 12.9. The van der Waals surface area contributed by atoms with Gasteiger partial charge in [0, 0.05) is 17.7 Å². The molecule has 2 aromatic carbocycles. The van der Waals surface area contributed by atoms with E-state index in [1.807, 2.05) is 54.6 Å². The van der Waals surface area contributed by atoms with Crippen molar-refractivity contribution in [1.29, 1.82) is 0 Å². The van der Waals surface area contributed by atoms with E-state index >= 15 is 0 Å². The third-order valence-electron chi connectivity index (χ3n) is 5.51. The molecule has 0 saturated carbocycles. The zero-order valence-electron chi connectivity index (χ0n) is 16.2. The van der Waals surface area contributed by atoms with Gasteiger partial charge < -0.3 is 10.1 Å². The highest BCUT2D eigenvalue weighted by atomic mass is 16.5. The van der Waals surface area contributed by atoms with Crippen molar-refractivity contribution >= 4 is 11.7 Å². The lowest BCUT2D eigenvalue weighted by Gasteiger charge is -2.34. The van der Waals surface area contributed by atoms with E-state index < -0.39 is 0 Å². The van der Waals surface area contributed by atoms with Gasteiger partial charge in [-0.15, -0.1) is 0 Å². The van der Waals surface area contributed by atoms with Gasteiger partial charge in [0.05, 0.1) is 0 Å². The van der Waals surface area contributed by atoms with Gasteiger partial charge in [0.15, 0.2) is 5.78 Å². The van der Waals surface area contributed by atoms with Gasteiger partial charge in [0.2, 0.25) is 5.95 Å². The first-order valence-electron chi connectivity index (χ1n) is 9.88. The first kappa shape index (κ1) is 17.7. The second kappa shape index (κ2) is 7.20. The molecule has 2 atom stereocenters. The molecule has 5 rings (SSSR count). The summed E-state index contributed by atoms with van der Waals surface area (Å²) in [5, 5.41) is 7.70. The molecule has 146 valence electrons. The third-order valence-corrected chi connectivity index (χ3v) is 5.51. The average molecular weight is 386 g/mol. The highest BCUT2D eigenvalue weighted by Gasteiger charge is 2.37. The summed E-state index contributed by atoms with van der Waals surface area (Å²) in [6, 6.07) is 17.7. The summed E-state index contributed by atoms with van der Waals surface area (Å²) >= 11 is 0. The quantitative estimate of drug-likeness (QED) is 0.730. The molecule has 29 heavy (non-hydrogen) atoms. The number of rotatable bonds is 4. The number of ketones is 1. The van der Waals surface area contributed by atoms with Crippen LogP contribution in [0.1, 0.15) is 36.9 Å². The van der Waals surface area contributed by atoms with Crippen LogP contribution in [-0.4, -0.2) is 20.5 Å². The van der Waals surface area contributed by atoms with Crippen molar-refractivity contribution in [2.24, 2.45) is 5.92 Å². The number of fused-ring (bicyclic) bond motifs is 1. The minimum atomic E-state index is -0.257. The number of nitrogens with zero attached hydrogens (tertiary/aromatic N) is 3. The number of allylic oxidation sites excluding steroid dienone is 2.